The van der Waals surface area contributed by atoms with Gasteiger partial charge in [0.2, 0.25) is 0 Å². The molecule has 2 aromatic heterocycles. The maximum absolute atomic E-state index is 13.6. The van der Waals surface area contributed by atoms with Crippen molar-refractivity contribution in [3.05, 3.63) is 91.5 Å². The summed E-state index contributed by atoms with van der Waals surface area (Å²) in [5.41, 5.74) is -4.64. The Labute approximate surface area is 260 Å². The quantitative estimate of drug-likeness (QED) is 0.194. The molecule has 10 nitrogen and oxygen atoms in total. The molecule has 0 radical (unpaired) electrons. The molecule has 2 heterocycles. The summed E-state index contributed by atoms with van der Waals surface area (Å²) in [6.45, 7) is 3.97. The molecule has 1 saturated carbocycles. The van der Waals surface area contributed by atoms with Crippen molar-refractivity contribution in [1.29, 1.82) is 0 Å². The molecule has 3 aromatic rings. The molecule has 4 rings (SSSR count). The molecule has 0 bridgehead atoms. The first-order valence-corrected chi connectivity index (χ1v) is 14.2. The zero-order chi connectivity index (χ0) is 28.0. The second-order valence-corrected chi connectivity index (χ2v) is 11.3. The third kappa shape index (κ3) is 11.1. The number of ether oxygens (including phenoxy) is 2. The smallest absolute Gasteiger partial charge is 2.00 e. The van der Waals surface area contributed by atoms with Crippen LogP contribution in [0.15, 0.2) is 91.5 Å². The summed E-state index contributed by atoms with van der Waals surface area (Å²) in [7, 11) is 1.35. The molecule has 0 aliphatic heterocycles. The first kappa shape index (κ1) is 40.8. The van der Waals surface area contributed by atoms with Gasteiger partial charge in [-0.05, 0) is 24.3 Å². The fourth-order valence-electron chi connectivity index (χ4n) is 4.25. The molecule has 12 heteroatoms. The normalized spacial score (nSPS) is 22.3. The van der Waals surface area contributed by atoms with Gasteiger partial charge in [0.15, 0.2) is 0 Å². The number of hydrogen-bond acceptors (Lipinski definition) is 8. The minimum atomic E-state index is -2.38. The third-order valence-electron chi connectivity index (χ3n) is 6.15. The molecule has 0 amide bonds. The van der Waals surface area contributed by atoms with Crippen molar-refractivity contribution in [2.24, 2.45) is 17.8 Å². The summed E-state index contributed by atoms with van der Waals surface area (Å²) >= 11 is -0.139. The Morgan fingerprint density at radius 3 is 1.76 bits per heavy atom. The minimum Gasteiger partial charge on any atom is -2.00 e. The Balaban J connectivity index is 0. The zero-order valence-corrected chi connectivity index (χ0v) is 27.5. The number of carbonyl (C=O) groups excluding carboxylic acids is 2. The van der Waals surface area contributed by atoms with Crippen LogP contribution in [0, 0.1) is 17.8 Å². The Kier molecular flexibility index (Phi) is 20.4. The van der Waals surface area contributed by atoms with Crippen LogP contribution in [-0.2, 0) is 49.8 Å². The van der Waals surface area contributed by atoms with E-state index >= 15 is 0 Å². The van der Waals surface area contributed by atoms with E-state index < -0.39 is 40.7 Å². The number of esters is 1. The second-order valence-electron chi connectivity index (χ2n) is 8.97. The molecule has 1 fully saturated rings. The van der Waals surface area contributed by atoms with E-state index in [1.807, 2.05) is 66.7 Å². The topological polar surface area (TPSA) is 182 Å². The van der Waals surface area contributed by atoms with Crippen molar-refractivity contribution in [2.75, 3.05) is 13.9 Å². The van der Waals surface area contributed by atoms with Crippen molar-refractivity contribution < 1.29 is 60.0 Å². The van der Waals surface area contributed by atoms with E-state index in [2.05, 4.69) is 9.97 Å². The van der Waals surface area contributed by atoms with Crippen molar-refractivity contribution in [1.82, 2.24) is 9.97 Å². The Bertz CT molecular complexity index is 1010. The molecule has 41 heavy (non-hydrogen) atoms. The fourth-order valence-corrected chi connectivity index (χ4v) is 6.48. The average Bonchev–Trinajstić information content (AvgIpc) is 3.11. The van der Waals surface area contributed by atoms with Crippen LogP contribution < -0.4 is 14.7 Å². The molecule has 0 N–H and O–H groups in total. The number of rotatable bonds is 7. The van der Waals surface area contributed by atoms with Crippen molar-refractivity contribution in [2.45, 2.75) is 37.3 Å². The molecule has 1 aliphatic carbocycles. The van der Waals surface area contributed by atoms with Gasteiger partial charge in [0.05, 0.1) is 0 Å². The SMILES string of the molecule is COCOC(=O)[C@H]1[C@@H](C[Se]c2ccccc2)C(=O)[C@](C)([O-])[C@@]1([O-])C(C)C.[O-2].[O-2].[Os+6].c1ccncc1.c1ccncc1. The summed E-state index contributed by atoms with van der Waals surface area (Å²) < 4.78 is 10.8. The Hall–Kier alpha value is -2.38. The van der Waals surface area contributed by atoms with Gasteiger partial charge in [-0.15, -0.1) is 0 Å². The van der Waals surface area contributed by atoms with Crippen LogP contribution >= 0.6 is 0 Å². The number of methoxy groups -OCH3 is 1. The maximum Gasteiger partial charge on any atom is 6.00 e. The standard InChI is InChI=1S/C19H24O6Se.2C5H5N.2O.Os/c1-12(2)19(23)15(17(21)25-11-24-4)14(16(20)18(19,3)22)10-26-13-8-6-5-7-9-13;2*1-2-4-6-5-3-1;;;/h5-9,12,14-15H,10-11H2,1-4H3;2*1-5H;;;/q-2;;;2*-2;+6/t14-,15-,18+,19-;;;;;/m1...../s1. The van der Waals surface area contributed by atoms with Gasteiger partial charge in [0.1, 0.15) is 0 Å². The van der Waals surface area contributed by atoms with E-state index in [9.17, 15) is 19.8 Å². The van der Waals surface area contributed by atoms with E-state index in [4.69, 9.17) is 9.47 Å². The summed E-state index contributed by atoms with van der Waals surface area (Å²) in [6, 6.07) is 21.0. The van der Waals surface area contributed by atoms with Crippen LogP contribution in [-0.4, -0.2) is 61.8 Å². The molecule has 4 atom stereocenters. The molecular formula is C29H34N2O8OsSe. The van der Waals surface area contributed by atoms with Gasteiger partial charge in [-0.25, -0.2) is 0 Å². The molecule has 0 unspecified atom stereocenters. The monoisotopic (exact) mass is 810 g/mol. The average molecular weight is 808 g/mol. The Morgan fingerprint density at radius 2 is 1.39 bits per heavy atom. The number of nitrogens with zero attached hydrogens (tertiary/aromatic N) is 2. The first-order valence-electron chi connectivity index (χ1n) is 12.2. The molecule has 1 aliphatic rings. The van der Waals surface area contributed by atoms with Gasteiger partial charge in [-0.3, -0.25) is 9.97 Å². The molecular weight excluding hydrogens is 774 g/mol. The molecule has 0 saturated heterocycles. The first-order chi connectivity index (χ1) is 18.2. The number of hydrogen-bond donors (Lipinski definition) is 0. The van der Waals surface area contributed by atoms with Gasteiger partial charge in [0.25, 0.3) is 0 Å². The van der Waals surface area contributed by atoms with E-state index in [1.165, 1.54) is 7.11 Å². The Morgan fingerprint density at radius 1 is 0.927 bits per heavy atom. The van der Waals surface area contributed by atoms with E-state index in [0.29, 0.717) is 5.32 Å². The van der Waals surface area contributed by atoms with Crippen LogP contribution in [0.4, 0.5) is 0 Å². The van der Waals surface area contributed by atoms with Crippen LogP contribution in [0.1, 0.15) is 20.8 Å². The van der Waals surface area contributed by atoms with Crippen LogP contribution in [0.3, 0.4) is 0 Å². The molecule has 0 spiro atoms. The number of Topliss-reactive ketones (excluding diaryl/α,β-unsaturated/α-hetero) is 1. The van der Waals surface area contributed by atoms with E-state index in [1.54, 1.807) is 38.6 Å². The maximum atomic E-state index is 13.6. The summed E-state index contributed by atoms with van der Waals surface area (Å²) in [5.74, 6) is -4.43. The second kappa shape index (κ2) is 20.5. The van der Waals surface area contributed by atoms with E-state index in [-0.39, 0.29) is 52.5 Å². The third-order valence-corrected chi connectivity index (χ3v) is 8.53. The number of aromatic nitrogens is 2. The molecule has 222 valence electrons. The fraction of sp³-hybridized carbons (Fsp3) is 0.379. The van der Waals surface area contributed by atoms with Crippen molar-refractivity contribution in [3.8, 4) is 0 Å². The van der Waals surface area contributed by atoms with Gasteiger partial charge in [-0.1, -0.05) is 12.1 Å². The number of carbonyl (C=O) groups is 2. The van der Waals surface area contributed by atoms with Crippen molar-refractivity contribution in [3.63, 3.8) is 0 Å². The van der Waals surface area contributed by atoms with Crippen molar-refractivity contribution >= 4 is 31.2 Å². The number of pyridine rings is 2. The zero-order valence-electron chi connectivity index (χ0n) is 23.2. The van der Waals surface area contributed by atoms with Crippen LogP contribution in [0.5, 0.6) is 0 Å². The summed E-state index contributed by atoms with van der Waals surface area (Å²) in [5, 5.41) is 26.9. The van der Waals surface area contributed by atoms with Gasteiger partial charge in [-0.2, -0.15) is 0 Å². The van der Waals surface area contributed by atoms with Crippen LogP contribution in [0.2, 0.25) is 5.32 Å². The predicted molar refractivity (Wildman–Crippen MR) is 142 cm³/mol. The van der Waals surface area contributed by atoms with E-state index in [0.717, 1.165) is 11.4 Å². The largest absolute Gasteiger partial charge is 6.00 e. The minimum absolute atomic E-state index is 0. The van der Waals surface area contributed by atoms with Gasteiger partial charge in [0, 0.05) is 24.8 Å². The predicted octanol–water partition coefficient (Wildman–Crippen LogP) is 1.19. The summed E-state index contributed by atoms with van der Waals surface area (Å²) in [6.07, 6.45) is 7.00. The van der Waals surface area contributed by atoms with Gasteiger partial charge < -0.3 is 11.0 Å². The summed E-state index contributed by atoms with van der Waals surface area (Å²) in [4.78, 5) is 33.0. The van der Waals surface area contributed by atoms with Gasteiger partial charge >= 0.3 is 180 Å². The molecule has 1 aromatic carbocycles. The van der Waals surface area contributed by atoms with Crippen LogP contribution in [0.25, 0.3) is 0 Å². The number of benzene rings is 1. The number of ketones is 1.